The number of halogens is 1. The van der Waals surface area contributed by atoms with Crippen LogP contribution in [0.4, 0.5) is 0 Å². The second-order valence-electron chi connectivity index (χ2n) is 3.82. The molecular weight excluding hydrogens is 280 g/mol. The average Bonchev–Trinajstić information content (AvgIpc) is 2.99. The number of benzene rings is 1. The molecule has 0 amide bonds. The molecule has 1 fully saturated rings. The second-order valence-corrected chi connectivity index (χ2v) is 4.69. The Morgan fingerprint density at radius 3 is 2.42 bits per heavy atom. The minimum Gasteiger partial charge on any atom is -0.376 e. The van der Waals surface area contributed by atoms with Gasteiger partial charge < -0.3 is 8.92 Å². The summed E-state index contributed by atoms with van der Waals surface area (Å²) >= 11 is 6.07. The number of rotatable bonds is 4. The highest BCUT2D eigenvalue weighted by Gasteiger charge is 2.15. The molecule has 4 heteroatoms. The van der Waals surface area contributed by atoms with Crippen LogP contribution in [0.2, 0.25) is 0 Å². The molecule has 1 saturated heterocycles. The summed E-state index contributed by atoms with van der Waals surface area (Å²) in [6.45, 7) is 7.67. The van der Waals surface area contributed by atoms with Gasteiger partial charge in [-0.05, 0) is 31.9 Å². The monoisotopic (exact) mass is 304 g/mol. The van der Waals surface area contributed by atoms with Crippen LogP contribution in [-0.4, -0.2) is 25.7 Å². The first-order valence-electron chi connectivity index (χ1n) is 6.70. The van der Waals surface area contributed by atoms with Gasteiger partial charge in [0, 0.05) is 29.9 Å². The van der Waals surface area contributed by atoms with Gasteiger partial charge in [-0.2, -0.15) is 0 Å². The molecule has 2 nitrogen and oxygen atoms in total. The van der Waals surface area contributed by atoms with Gasteiger partial charge in [-0.3, -0.25) is 0 Å². The molecule has 19 heavy (non-hydrogen) atoms. The van der Waals surface area contributed by atoms with E-state index in [1.165, 1.54) is 30.4 Å². The largest absolute Gasteiger partial charge is 0.376 e. The van der Waals surface area contributed by atoms with Gasteiger partial charge in [0.25, 0.3) is 0 Å². The van der Waals surface area contributed by atoms with Gasteiger partial charge in [0.05, 0.1) is 12.7 Å². The third kappa shape index (κ3) is 8.53. The summed E-state index contributed by atoms with van der Waals surface area (Å²) in [6.07, 6.45) is 4.08. The summed E-state index contributed by atoms with van der Waals surface area (Å²) < 4.78 is 11.0. The van der Waals surface area contributed by atoms with Crippen LogP contribution in [0.25, 0.3) is 0 Å². The maximum atomic E-state index is 5.54. The molecule has 0 bridgehead atoms. The quantitative estimate of drug-likeness (QED) is 0.571. The molecule has 1 aliphatic rings. The van der Waals surface area contributed by atoms with Crippen LogP contribution in [0.1, 0.15) is 32.3 Å². The standard InChI is InChI=1S/C12H16O2S.C2H6.CH3Cl/c1-10-4-6-12(7-5-10)15-14-9-11-3-2-8-13-11;2*1-2/h4-7,11H,2-3,8-9H2,1H3;1-2H3;1H3. The van der Waals surface area contributed by atoms with Crippen molar-refractivity contribution < 1.29 is 8.92 Å². The number of hydrogen-bond donors (Lipinski definition) is 0. The van der Waals surface area contributed by atoms with Gasteiger partial charge in [-0.15, -0.1) is 11.6 Å². The molecule has 1 aromatic carbocycles. The zero-order valence-electron chi connectivity index (χ0n) is 12.3. The third-order valence-electron chi connectivity index (χ3n) is 2.45. The fourth-order valence-corrected chi connectivity index (χ4v) is 2.15. The zero-order valence-corrected chi connectivity index (χ0v) is 13.9. The molecular formula is C15H25ClO2S. The Labute approximate surface area is 127 Å². The van der Waals surface area contributed by atoms with E-state index in [2.05, 4.69) is 42.8 Å². The minimum atomic E-state index is 0.308. The van der Waals surface area contributed by atoms with E-state index in [0.717, 1.165) is 17.9 Å². The molecule has 1 heterocycles. The molecule has 2 rings (SSSR count). The highest BCUT2D eigenvalue weighted by molar-refractivity contribution is 7.94. The Balaban J connectivity index is 0.000000741. The third-order valence-corrected chi connectivity index (χ3v) is 3.17. The fraction of sp³-hybridized carbons (Fsp3) is 0.600. The first-order valence-corrected chi connectivity index (χ1v) is 8.20. The molecule has 110 valence electrons. The average molecular weight is 305 g/mol. The van der Waals surface area contributed by atoms with E-state index in [1.807, 2.05) is 13.8 Å². The lowest BCUT2D eigenvalue weighted by molar-refractivity contribution is 0.0750. The highest BCUT2D eigenvalue weighted by atomic mass is 35.5. The van der Waals surface area contributed by atoms with Crippen LogP contribution in [0.3, 0.4) is 0 Å². The number of alkyl halides is 1. The Kier molecular flexibility index (Phi) is 12.6. The van der Waals surface area contributed by atoms with E-state index in [9.17, 15) is 0 Å². The molecule has 1 atom stereocenters. The topological polar surface area (TPSA) is 18.5 Å². The molecule has 0 aliphatic carbocycles. The lowest BCUT2D eigenvalue weighted by Gasteiger charge is -2.08. The first kappa shape index (κ1) is 18.8. The van der Waals surface area contributed by atoms with Crippen molar-refractivity contribution in [3.05, 3.63) is 29.8 Å². The SMILES string of the molecule is CC.CCl.Cc1ccc(SOCC2CCCO2)cc1. The summed E-state index contributed by atoms with van der Waals surface area (Å²) in [5.74, 6) is 0. The fourth-order valence-electron chi connectivity index (χ4n) is 1.55. The number of hydrogen-bond acceptors (Lipinski definition) is 3. The van der Waals surface area contributed by atoms with Crippen molar-refractivity contribution in [3.8, 4) is 0 Å². The van der Waals surface area contributed by atoms with Crippen molar-refractivity contribution in [2.45, 2.75) is 44.6 Å². The van der Waals surface area contributed by atoms with Crippen molar-refractivity contribution >= 4 is 23.6 Å². The van der Waals surface area contributed by atoms with Crippen LogP contribution in [0, 0.1) is 6.92 Å². The van der Waals surface area contributed by atoms with E-state index in [-0.39, 0.29) is 0 Å². The summed E-state index contributed by atoms with van der Waals surface area (Å²) in [7, 11) is 0. The smallest absolute Gasteiger partial charge is 0.0880 e. The van der Waals surface area contributed by atoms with Gasteiger partial charge >= 0.3 is 0 Å². The Morgan fingerprint density at radius 1 is 1.26 bits per heavy atom. The molecule has 0 spiro atoms. The minimum absolute atomic E-state index is 0.308. The molecule has 0 saturated carbocycles. The number of ether oxygens (including phenoxy) is 1. The van der Waals surface area contributed by atoms with E-state index in [0.29, 0.717) is 12.7 Å². The highest BCUT2D eigenvalue weighted by Crippen LogP contribution is 2.21. The van der Waals surface area contributed by atoms with Crippen molar-refractivity contribution in [2.75, 3.05) is 19.6 Å². The molecule has 0 aromatic heterocycles. The van der Waals surface area contributed by atoms with Crippen LogP contribution < -0.4 is 0 Å². The summed E-state index contributed by atoms with van der Waals surface area (Å²) in [4.78, 5) is 1.15. The molecule has 1 aromatic rings. The van der Waals surface area contributed by atoms with Gasteiger partial charge in [-0.25, -0.2) is 0 Å². The van der Waals surface area contributed by atoms with Crippen molar-refractivity contribution in [3.63, 3.8) is 0 Å². The summed E-state index contributed by atoms with van der Waals surface area (Å²) in [6, 6.07) is 8.35. The Morgan fingerprint density at radius 2 is 1.89 bits per heavy atom. The molecule has 1 aliphatic heterocycles. The lowest BCUT2D eigenvalue weighted by atomic mass is 10.2. The van der Waals surface area contributed by atoms with Crippen molar-refractivity contribution in [1.82, 2.24) is 0 Å². The lowest BCUT2D eigenvalue weighted by Crippen LogP contribution is -2.11. The number of aryl methyl sites for hydroxylation is 1. The normalized spacial score (nSPS) is 17.0. The van der Waals surface area contributed by atoms with Crippen LogP contribution in [0.5, 0.6) is 0 Å². The van der Waals surface area contributed by atoms with Gasteiger partial charge in [-0.1, -0.05) is 31.5 Å². The van der Waals surface area contributed by atoms with Crippen LogP contribution in [-0.2, 0) is 8.92 Å². The summed E-state index contributed by atoms with van der Waals surface area (Å²) in [5, 5.41) is 0. The van der Waals surface area contributed by atoms with Crippen LogP contribution in [0.15, 0.2) is 29.2 Å². The molecule has 0 N–H and O–H groups in total. The Hall–Kier alpha value is -0.220. The van der Waals surface area contributed by atoms with Crippen molar-refractivity contribution in [2.24, 2.45) is 0 Å². The Bertz CT molecular complexity index is 298. The summed E-state index contributed by atoms with van der Waals surface area (Å²) in [5.41, 5.74) is 1.28. The first-order chi connectivity index (χ1) is 9.34. The van der Waals surface area contributed by atoms with Gasteiger partial charge in [0.1, 0.15) is 0 Å². The maximum absolute atomic E-state index is 5.54. The van der Waals surface area contributed by atoms with E-state index in [4.69, 9.17) is 8.92 Å². The predicted molar refractivity (Wildman–Crippen MR) is 85.1 cm³/mol. The van der Waals surface area contributed by atoms with E-state index >= 15 is 0 Å². The van der Waals surface area contributed by atoms with E-state index in [1.54, 1.807) is 0 Å². The molecule has 0 radical (unpaired) electrons. The zero-order chi connectivity index (χ0) is 14.5. The van der Waals surface area contributed by atoms with E-state index < -0.39 is 0 Å². The van der Waals surface area contributed by atoms with Crippen molar-refractivity contribution in [1.29, 1.82) is 0 Å². The van der Waals surface area contributed by atoms with Crippen LogP contribution >= 0.6 is 23.6 Å². The predicted octanol–water partition coefficient (Wildman–Crippen LogP) is 5.08. The second kappa shape index (κ2) is 12.8. The van der Waals surface area contributed by atoms with Gasteiger partial charge in [0.15, 0.2) is 0 Å². The molecule has 1 unspecified atom stereocenters. The van der Waals surface area contributed by atoms with Gasteiger partial charge in [0.2, 0.25) is 0 Å². The maximum Gasteiger partial charge on any atom is 0.0880 e.